The van der Waals surface area contributed by atoms with Crippen molar-refractivity contribution in [3.63, 3.8) is 0 Å². The minimum Gasteiger partial charge on any atom is -0.382 e. The van der Waals surface area contributed by atoms with Crippen LogP contribution in [0.5, 0.6) is 0 Å². The molecule has 2 heterocycles. The Hall–Kier alpha value is -2.72. The summed E-state index contributed by atoms with van der Waals surface area (Å²) >= 11 is 0. The van der Waals surface area contributed by atoms with Gasteiger partial charge in [0, 0.05) is 0 Å². The molecule has 2 rings (SSSR count). The number of carbonyl (C=O) groups is 1. The SMILES string of the molecule is NC(=O)c1nc2c(N)nc(C(F)(F)F)nc2nc1N. The monoisotopic (exact) mass is 273 g/mol. The van der Waals surface area contributed by atoms with E-state index < -0.39 is 40.9 Å². The number of hydrogen-bond acceptors (Lipinski definition) is 7. The van der Waals surface area contributed by atoms with Gasteiger partial charge in [0.05, 0.1) is 0 Å². The van der Waals surface area contributed by atoms with Crippen molar-refractivity contribution in [2.75, 3.05) is 11.5 Å². The van der Waals surface area contributed by atoms with Gasteiger partial charge in [-0.15, -0.1) is 0 Å². The molecule has 1 amide bonds. The lowest BCUT2D eigenvalue weighted by molar-refractivity contribution is -0.144. The molecule has 0 aliphatic rings. The molecule has 8 nitrogen and oxygen atoms in total. The van der Waals surface area contributed by atoms with E-state index in [0.717, 1.165) is 0 Å². The number of aromatic nitrogens is 4. The van der Waals surface area contributed by atoms with E-state index in [0.29, 0.717) is 0 Å². The van der Waals surface area contributed by atoms with Crippen LogP contribution in [0.4, 0.5) is 24.8 Å². The molecule has 0 bridgehead atoms. The van der Waals surface area contributed by atoms with Crippen LogP contribution in [0.1, 0.15) is 16.3 Å². The second-order valence-electron chi connectivity index (χ2n) is 3.42. The topological polar surface area (TPSA) is 147 Å². The van der Waals surface area contributed by atoms with Crippen LogP contribution >= 0.6 is 0 Å². The van der Waals surface area contributed by atoms with E-state index in [-0.39, 0.29) is 5.52 Å². The Morgan fingerprint density at radius 3 is 2.16 bits per heavy atom. The summed E-state index contributed by atoms with van der Waals surface area (Å²) in [7, 11) is 0. The van der Waals surface area contributed by atoms with Gasteiger partial charge in [-0.3, -0.25) is 4.79 Å². The Morgan fingerprint density at radius 1 is 1.00 bits per heavy atom. The van der Waals surface area contributed by atoms with Gasteiger partial charge in [0.1, 0.15) is 0 Å². The summed E-state index contributed by atoms with van der Waals surface area (Å²) in [4.78, 5) is 24.3. The average Bonchev–Trinajstić information content (AvgIpc) is 2.26. The van der Waals surface area contributed by atoms with Crippen LogP contribution in [-0.4, -0.2) is 25.8 Å². The first kappa shape index (κ1) is 12.7. The van der Waals surface area contributed by atoms with Crippen LogP contribution in [0.2, 0.25) is 0 Å². The third-order valence-electron chi connectivity index (χ3n) is 2.07. The van der Waals surface area contributed by atoms with Gasteiger partial charge in [-0.2, -0.15) is 13.2 Å². The van der Waals surface area contributed by atoms with E-state index in [4.69, 9.17) is 17.2 Å². The van der Waals surface area contributed by atoms with E-state index in [9.17, 15) is 18.0 Å². The molecule has 0 aromatic carbocycles. The van der Waals surface area contributed by atoms with Crippen LogP contribution in [0, 0.1) is 0 Å². The zero-order chi connectivity index (χ0) is 14.4. The molecule has 0 saturated heterocycles. The summed E-state index contributed by atoms with van der Waals surface area (Å²) in [6, 6.07) is 0. The predicted octanol–water partition coefficient (Wildman–Crippen LogP) is -0.298. The molecule has 2 aromatic rings. The Morgan fingerprint density at radius 2 is 1.63 bits per heavy atom. The quantitative estimate of drug-likeness (QED) is 0.646. The minimum absolute atomic E-state index is 0.281. The second-order valence-corrected chi connectivity index (χ2v) is 3.42. The molecule has 0 spiro atoms. The predicted molar refractivity (Wildman–Crippen MR) is 57.5 cm³/mol. The van der Waals surface area contributed by atoms with Crippen molar-refractivity contribution in [3.8, 4) is 0 Å². The lowest BCUT2D eigenvalue weighted by Crippen LogP contribution is -2.19. The number of alkyl halides is 3. The third-order valence-corrected chi connectivity index (χ3v) is 2.07. The highest BCUT2D eigenvalue weighted by atomic mass is 19.4. The van der Waals surface area contributed by atoms with E-state index in [1.807, 2.05) is 0 Å². The Bertz CT molecular complexity index is 684. The number of nitrogens with zero attached hydrogens (tertiary/aromatic N) is 4. The van der Waals surface area contributed by atoms with Gasteiger partial charge in [0.15, 0.2) is 28.5 Å². The number of anilines is 2. The second kappa shape index (κ2) is 3.90. The molecule has 0 unspecified atom stereocenters. The lowest BCUT2D eigenvalue weighted by atomic mass is 10.3. The normalized spacial score (nSPS) is 11.7. The van der Waals surface area contributed by atoms with Gasteiger partial charge in [0.2, 0.25) is 5.82 Å². The van der Waals surface area contributed by atoms with Crippen LogP contribution in [0.25, 0.3) is 11.2 Å². The Balaban J connectivity index is 2.78. The smallest absolute Gasteiger partial charge is 0.382 e. The molecule has 0 radical (unpaired) electrons. The highest BCUT2D eigenvalue weighted by molar-refractivity contribution is 5.97. The Labute approximate surface area is 102 Å². The van der Waals surface area contributed by atoms with Crippen LogP contribution in [-0.2, 0) is 6.18 Å². The fourth-order valence-electron chi connectivity index (χ4n) is 1.29. The number of carbonyl (C=O) groups excluding carboxylic acids is 1. The number of rotatable bonds is 1. The summed E-state index contributed by atoms with van der Waals surface area (Å²) < 4.78 is 37.4. The molecular formula is C8H6F3N7O. The van der Waals surface area contributed by atoms with Crippen molar-refractivity contribution in [2.24, 2.45) is 5.73 Å². The maximum Gasteiger partial charge on any atom is 0.451 e. The largest absolute Gasteiger partial charge is 0.451 e. The van der Waals surface area contributed by atoms with Crippen molar-refractivity contribution in [1.29, 1.82) is 0 Å². The maximum atomic E-state index is 12.5. The molecular weight excluding hydrogens is 267 g/mol. The number of hydrogen-bond donors (Lipinski definition) is 3. The van der Waals surface area contributed by atoms with Crippen LogP contribution in [0.3, 0.4) is 0 Å². The van der Waals surface area contributed by atoms with Gasteiger partial charge < -0.3 is 17.2 Å². The van der Waals surface area contributed by atoms with Gasteiger partial charge in [-0.05, 0) is 0 Å². The average molecular weight is 273 g/mol. The number of nitrogen functional groups attached to an aromatic ring is 2. The summed E-state index contributed by atoms with van der Waals surface area (Å²) in [6.45, 7) is 0. The van der Waals surface area contributed by atoms with E-state index in [1.54, 1.807) is 0 Å². The van der Waals surface area contributed by atoms with Crippen LogP contribution in [0.15, 0.2) is 0 Å². The highest BCUT2D eigenvalue weighted by Gasteiger charge is 2.36. The van der Waals surface area contributed by atoms with Crippen molar-refractivity contribution < 1.29 is 18.0 Å². The molecule has 100 valence electrons. The standard InChI is InChI=1S/C8H6F3N7O/c9-8(10,11)7-17-4(13)2-6(18-7)16-3(12)1(15-2)5(14)19/h(H2,14,19)(H4,12,13,16,17,18). The molecule has 0 aliphatic heterocycles. The van der Waals surface area contributed by atoms with Gasteiger partial charge >= 0.3 is 6.18 Å². The highest BCUT2D eigenvalue weighted by Crippen LogP contribution is 2.28. The summed E-state index contributed by atoms with van der Waals surface area (Å²) in [5.41, 5.74) is 14.5. The van der Waals surface area contributed by atoms with Gasteiger partial charge in [0.25, 0.3) is 5.91 Å². The van der Waals surface area contributed by atoms with Gasteiger partial charge in [-0.25, -0.2) is 19.9 Å². The third kappa shape index (κ3) is 2.17. The molecule has 11 heteroatoms. The first-order valence-corrected chi connectivity index (χ1v) is 4.68. The zero-order valence-electron chi connectivity index (χ0n) is 9.06. The Kier molecular flexibility index (Phi) is 2.61. The van der Waals surface area contributed by atoms with Crippen molar-refractivity contribution >= 4 is 28.7 Å². The fourth-order valence-corrected chi connectivity index (χ4v) is 1.29. The summed E-state index contributed by atoms with van der Waals surface area (Å²) in [5, 5.41) is 0. The lowest BCUT2D eigenvalue weighted by Gasteiger charge is -2.08. The van der Waals surface area contributed by atoms with E-state index >= 15 is 0 Å². The number of primary amides is 1. The molecule has 0 atom stereocenters. The number of nitrogens with two attached hydrogens (primary N) is 3. The van der Waals surface area contributed by atoms with Crippen molar-refractivity contribution in [3.05, 3.63) is 11.5 Å². The molecule has 2 aromatic heterocycles. The zero-order valence-corrected chi connectivity index (χ0v) is 9.06. The number of fused-ring (bicyclic) bond motifs is 1. The van der Waals surface area contributed by atoms with E-state index in [1.165, 1.54) is 0 Å². The number of halogens is 3. The number of amides is 1. The first-order chi connectivity index (χ1) is 8.70. The summed E-state index contributed by atoms with van der Waals surface area (Å²) in [5.74, 6) is -3.48. The maximum absolute atomic E-state index is 12.5. The van der Waals surface area contributed by atoms with Gasteiger partial charge in [-0.1, -0.05) is 0 Å². The minimum atomic E-state index is -4.79. The van der Waals surface area contributed by atoms with Crippen LogP contribution < -0.4 is 17.2 Å². The first-order valence-electron chi connectivity index (χ1n) is 4.68. The summed E-state index contributed by atoms with van der Waals surface area (Å²) in [6.07, 6.45) is -4.79. The molecule has 19 heavy (non-hydrogen) atoms. The van der Waals surface area contributed by atoms with Crippen molar-refractivity contribution in [1.82, 2.24) is 19.9 Å². The van der Waals surface area contributed by atoms with Crippen molar-refractivity contribution in [2.45, 2.75) is 6.18 Å². The molecule has 0 fully saturated rings. The molecule has 0 aliphatic carbocycles. The van der Waals surface area contributed by atoms with E-state index in [2.05, 4.69) is 19.9 Å². The fraction of sp³-hybridized carbons (Fsp3) is 0.125. The molecule has 6 N–H and O–H groups in total. The molecule has 0 saturated carbocycles.